The molecule has 0 radical (unpaired) electrons. The molecular weight excluding hydrogens is 358 g/mol. The number of carbonyl (C=O) groups excluding carboxylic acids is 1. The van der Waals surface area contributed by atoms with Gasteiger partial charge >= 0.3 is 6.09 Å². The van der Waals surface area contributed by atoms with E-state index >= 15 is 0 Å². The smallest absolute Gasteiger partial charge is 0.410 e. The average Bonchev–Trinajstić information content (AvgIpc) is 2.81. The van der Waals surface area contributed by atoms with E-state index in [0.29, 0.717) is 18.9 Å². The van der Waals surface area contributed by atoms with E-state index in [4.69, 9.17) is 9.16 Å². The van der Waals surface area contributed by atoms with Gasteiger partial charge in [-0.15, -0.1) is 0 Å². The highest BCUT2D eigenvalue weighted by atomic mass is 28.4. The summed E-state index contributed by atoms with van der Waals surface area (Å²) in [7, 11) is -1.96. The molecule has 0 aromatic heterocycles. The molecule has 0 aliphatic carbocycles. The van der Waals surface area contributed by atoms with Crippen LogP contribution < -0.4 is 0 Å². The molecule has 0 saturated carbocycles. The van der Waals surface area contributed by atoms with Gasteiger partial charge in [0.25, 0.3) is 0 Å². The second kappa shape index (κ2) is 8.42. The summed E-state index contributed by atoms with van der Waals surface area (Å²) >= 11 is 0. The van der Waals surface area contributed by atoms with Crippen molar-refractivity contribution in [2.75, 3.05) is 13.2 Å². The Morgan fingerprint density at radius 1 is 1.22 bits per heavy atom. The molecule has 0 aromatic carbocycles. The van der Waals surface area contributed by atoms with Crippen LogP contribution in [0.5, 0.6) is 0 Å². The number of hydrogen-bond donors (Lipinski definition) is 1. The number of nitrogens with zero attached hydrogens (tertiary/aromatic N) is 1. The van der Waals surface area contributed by atoms with Crippen LogP contribution in [-0.2, 0) is 9.16 Å². The van der Waals surface area contributed by atoms with Crippen molar-refractivity contribution in [3.63, 3.8) is 0 Å². The first-order valence-corrected chi connectivity index (χ1v) is 13.2. The van der Waals surface area contributed by atoms with Crippen molar-refractivity contribution < 1.29 is 19.1 Å². The standard InChI is InChI=1S/C21H43NO4Si/c1-16(2)11-12-21(15-23)13-17(26-27(9,10)20(6,7)8)14-22(21)18(24)25-19(3,4)5/h16-17,23H,11-15H2,1-10H3/t17-,21+/m1/s1. The third kappa shape index (κ3) is 6.46. The molecule has 1 rings (SSSR count). The molecule has 0 unspecified atom stereocenters. The van der Waals surface area contributed by atoms with Gasteiger partial charge in [0.2, 0.25) is 0 Å². The first-order chi connectivity index (χ1) is 12.0. The number of amides is 1. The number of carbonyl (C=O) groups is 1. The second-order valence-corrected chi connectivity index (χ2v) is 15.9. The van der Waals surface area contributed by atoms with Crippen molar-refractivity contribution in [1.29, 1.82) is 0 Å². The Hall–Kier alpha value is -0.593. The minimum atomic E-state index is -1.96. The summed E-state index contributed by atoms with van der Waals surface area (Å²) in [6, 6.07) is 0. The summed E-state index contributed by atoms with van der Waals surface area (Å²) in [6.07, 6.45) is 1.98. The Morgan fingerprint density at radius 3 is 2.19 bits per heavy atom. The molecule has 1 saturated heterocycles. The number of rotatable bonds is 6. The lowest BCUT2D eigenvalue weighted by Gasteiger charge is -2.38. The van der Waals surface area contributed by atoms with Crippen molar-refractivity contribution in [2.45, 2.75) is 110 Å². The highest BCUT2D eigenvalue weighted by molar-refractivity contribution is 6.74. The van der Waals surface area contributed by atoms with Crippen LogP contribution in [0.4, 0.5) is 4.79 Å². The Bertz CT molecular complexity index is 507. The molecule has 160 valence electrons. The van der Waals surface area contributed by atoms with E-state index in [2.05, 4.69) is 47.7 Å². The normalized spacial score (nSPS) is 24.6. The first-order valence-electron chi connectivity index (χ1n) is 10.3. The molecule has 0 aromatic rings. The number of aliphatic hydroxyl groups is 1. The van der Waals surface area contributed by atoms with Gasteiger partial charge in [0.1, 0.15) is 5.60 Å². The molecule has 5 nitrogen and oxygen atoms in total. The van der Waals surface area contributed by atoms with Gasteiger partial charge in [-0.3, -0.25) is 4.90 Å². The molecule has 6 heteroatoms. The molecule has 1 amide bonds. The molecule has 0 bridgehead atoms. The zero-order valence-electron chi connectivity index (χ0n) is 19.3. The predicted octanol–water partition coefficient (Wildman–Crippen LogP) is 5.18. The first kappa shape index (κ1) is 24.4. The Morgan fingerprint density at radius 2 is 1.78 bits per heavy atom. The van der Waals surface area contributed by atoms with Gasteiger partial charge in [-0.1, -0.05) is 34.6 Å². The van der Waals surface area contributed by atoms with E-state index in [0.717, 1.165) is 12.8 Å². The van der Waals surface area contributed by atoms with Crippen LogP contribution in [0.25, 0.3) is 0 Å². The van der Waals surface area contributed by atoms with Gasteiger partial charge in [-0.25, -0.2) is 4.79 Å². The molecular formula is C21H43NO4Si. The maximum Gasteiger partial charge on any atom is 0.410 e. The van der Waals surface area contributed by atoms with Crippen LogP contribution >= 0.6 is 0 Å². The molecule has 27 heavy (non-hydrogen) atoms. The highest BCUT2D eigenvalue weighted by Crippen LogP contribution is 2.42. The third-order valence-electron chi connectivity index (χ3n) is 5.93. The minimum Gasteiger partial charge on any atom is -0.444 e. The van der Waals surface area contributed by atoms with Gasteiger partial charge in [-0.2, -0.15) is 0 Å². The van der Waals surface area contributed by atoms with Crippen molar-refractivity contribution in [3.8, 4) is 0 Å². The van der Waals surface area contributed by atoms with E-state index in [1.54, 1.807) is 4.90 Å². The highest BCUT2D eigenvalue weighted by Gasteiger charge is 2.51. The molecule has 0 spiro atoms. The predicted molar refractivity (Wildman–Crippen MR) is 114 cm³/mol. The van der Waals surface area contributed by atoms with Gasteiger partial charge in [0, 0.05) is 6.54 Å². The maximum atomic E-state index is 12.9. The third-order valence-corrected chi connectivity index (χ3v) is 10.5. The van der Waals surface area contributed by atoms with Crippen LogP contribution in [0.15, 0.2) is 0 Å². The van der Waals surface area contributed by atoms with E-state index in [-0.39, 0.29) is 23.8 Å². The van der Waals surface area contributed by atoms with Crippen LogP contribution in [-0.4, -0.2) is 54.8 Å². The fourth-order valence-electron chi connectivity index (χ4n) is 3.28. The Labute approximate surface area is 167 Å². The van der Waals surface area contributed by atoms with Crippen LogP contribution in [0.2, 0.25) is 18.1 Å². The average molecular weight is 402 g/mol. The number of aliphatic hydroxyl groups excluding tert-OH is 1. The van der Waals surface area contributed by atoms with Crippen LogP contribution in [0, 0.1) is 5.92 Å². The zero-order chi connectivity index (χ0) is 21.3. The van der Waals surface area contributed by atoms with E-state index in [1.165, 1.54) is 0 Å². The lowest BCUT2D eigenvalue weighted by atomic mass is 9.88. The van der Waals surface area contributed by atoms with E-state index in [9.17, 15) is 9.90 Å². The lowest BCUT2D eigenvalue weighted by molar-refractivity contribution is -0.00827. The van der Waals surface area contributed by atoms with Crippen LogP contribution in [0.3, 0.4) is 0 Å². The quantitative estimate of drug-likeness (QED) is 0.623. The Balaban J connectivity index is 3.10. The molecule has 1 aliphatic heterocycles. The van der Waals surface area contributed by atoms with Gasteiger partial charge in [-0.05, 0) is 64.1 Å². The van der Waals surface area contributed by atoms with Crippen molar-refractivity contribution in [2.24, 2.45) is 5.92 Å². The number of hydrogen-bond acceptors (Lipinski definition) is 4. The fourth-order valence-corrected chi connectivity index (χ4v) is 4.62. The lowest BCUT2D eigenvalue weighted by Crippen LogP contribution is -2.51. The summed E-state index contributed by atoms with van der Waals surface area (Å²) in [4.78, 5) is 14.7. The maximum absolute atomic E-state index is 12.9. The van der Waals surface area contributed by atoms with Crippen molar-refractivity contribution in [1.82, 2.24) is 4.90 Å². The largest absolute Gasteiger partial charge is 0.444 e. The molecule has 2 atom stereocenters. The molecule has 1 heterocycles. The summed E-state index contributed by atoms with van der Waals surface area (Å²) in [6.45, 7) is 21.5. The van der Waals surface area contributed by atoms with Crippen molar-refractivity contribution >= 4 is 14.4 Å². The van der Waals surface area contributed by atoms with E-state index in [1.807, 2.05) is 20.8 Å². The Kier molecular flexibility index (Phi) is 7.62. The van der Waals surface area contributed by atoms with Gasteiger partial charge in [0.05, 0.1) is 18.2 Å². The summed E-state index contributed by atoms with van der Waals surface area (Å²) in [5.74, 6) is 0.509. The van der Waals surface area contributed by atoms with Gasteiger partial charge < -0.3 is 14.3 Å². The summed E-state index contributed by atoms with van der Waals surface area (Å²) in [5, 5.41) is 10.4. The van der Waals surface area contributed by atoms with E-state index < -0.39 is 19.5 Å². The minimum absolute atomic E-state index is 0.0577. The monoisotopic (exact) mass is 401 g/mol. The molecule has 1 N–H and O–H groups in total. The SMILES string of the molecule is CC(C)CC[C@@]1(CO)C[C@@H](O[Si](C)(C)C(C)(C)C)CN1C(=O)OC(C)(C)C. The molecule has 1 fully saturated rings. The van der Waals surface area contributed by atoms with Gasteiger partial charge in [0.15, 0.2) is 8.32 Å². The topological polar surface area (TPSA) is 59.0 Å². The molecule has 1 aliphatic rings. The number of likely N-dealkylation sites (tertiary alicyclic amines) is 1. The zero-order valence-corrected chi connectivity index (χ0v) is 20.3. The van der Waals surface area contributed by atoms with Crippen LogP contribution in [0.1, 0.15) is 74.7 Å². The second-order valence-electron chi connectivity index (χ2n) is 11.1. The number of ether oxygens (including phenoxy) is 1. The summed E-state index contributed by atoms with van der Waals surface area (Å²) < 4.78 is 12.3. The summed E-state index contributed by atoms with van der Waals surface area (Å²) in [5.41, 5.74) is -1.16. The van der Waals surface area contributed by atoms with Crippen molar-refractivity contribution in [3.05, 3.63) is 0 Å². The fraction of sp³-hybridized carbons (Fsp3) is 0.952.